The van der Waals surface area contributed by atoms with E-state index in [1.165, 1.54) is 161 Å². The van der Waals surface area contributed by atoms with E-state index in [0.29, 0.717) is 19.3 Å². The lowest BCUT2D eigenvalue weighted by molar-refractivity contribution is -0.167. The van der Waals surface area contributed by atoms with E-state index in [1.807, 2.05) is 0 Å². The smallest absolute Gasteiger partial charge is 0.306 e. The third-order valence-corrected chi connectivity index (χ3v) is 14.5. The van der Waals surface area contributed by atoms with Gasteiger partial charge in [0.15, 0.2) is 6.10 Å². The summed E-state index contributed by atoms with van der Waals surface area (Å²) in [6, 6.07) is 0. The van der Waals surface area contributed by atoms with Crippen LogP contribution in [-0.2, 0) is 28.6 Å². The van der Waals surface area contributed by atoms with E-state index in [0.717, 1.165) is 122 Å². The summed E-state index contributed by atoms with van der Waals surface area (Å²) in [4.78, 5) is 38.4. The Bertz CT molecular complexity index is 1610. The molecule has 6 nitrogen and oxygen atoms in total. The molecule has 0 saturated carbocycles. The lowest BCUT2D eigenvalue weighted by atomic mass is 10.1. The van der Waals surface area contributed by atoms with Crippen molar-refractivity contribution in [3.05, 3.63) is 109 Å². The maximum Gasteiger partial charge on any atom is 0.306 e. The number of ether oxygens (including phenoxy) is 3. The van der Waals surface area contributed by atoms with E-state index in [4.69, 9.17) is 14.2 Å². The largest absolute Gasteiger partial charge is 0.462 e. The van der Waals surface area contributed by atoms with Crippen molar-refractivity contribution in [3.63, 3.8) is 0 Å². The predicted molar refractivity (Wildman–Crippen MR) is 348 cm³/mol. The highest BCUT2D eigenvalue weighted by Crippen LogP contribution is 2.16. The number of unbranched alkanes of at least 4 members (excludes halogenated alkanes) is 32. The zero-order chi connectivity index (χ0) is 57.8. The summed E-state index contributed by atoms with van der Waals surface area (Å²) in [5, 5.41) is 0. The lowest BCUT2D eigenvalue weighted by Crippen LogP contribution is -2.30. The van der Waals surface area contributed by atoms with E-state index in [2.05, 4.69) is 130 Å². The second-order valence-corrected chi connectivity index (χ2v) is 22.3. The van der Waals surface area contributed by atoms with Crippen LogP contribution in [0.2, 0.25) is 0 Å². The highest BCUT2D eigenvalue weighted by Gasteiger charge is 2.19. The van der Waals surface area contributed by atoms with Crippen molar-refractivity contribution in [1.29, 1.82) is 0 Å². The van der Waals surface area contributed by atoms with Gasteiger partial charge >= 0.3 is 17.9 Å². The Hall–Kier alpha value is -3.93. The van der Waals surface area contributed by atoms with Crippen molar-refractivity contribution < 1.29 is 28.6 Å². The van der Waals surface area contributed by atoms with Crippen molar-refractivity contribution in [2.75, 3.05) is 13.2 Å². The van der Waals surface area contributed by atoms with Crippen molar-refractivity contribution in [1.82, 2.24) is 0 Å². The fraction of sp³-hybridized carbons (Fsp3) is 0.716. The Morgan fingerprint density at radius 3 is 0.775 bits per heavy atom. The molecule has 0 radical (unpaired) electrons. The van der Waals surface area contributed by atoms with Crippen molar-refractivity contribution >= 4 is 17.9 Å². The van der Waals surface area contributed by atoms with Crippen molar-refractivity contribution in [2.45, 2.75) is 329 Å². The molecule has 0 N–H and O–H groups in total. The summed E-state index contributed by atoms with van der Waals surface area (Å²) in [5.74, 6) is -0.898. The van der Waals surface area contributed by atoms with Gasteiger partial charge in [0.1, 0.15) is 13.2 Å². The van der Waals surface area contributed by atoms with Crippen LogP contribution >= 0.6 is 0 Å². The van der Waals surface area contributed by atoms with Gasteiger partial charge in [-0.2, -0.15) is 0 Å². The average Bonchev–Trinajstić information content (AvgIpc) is 3.46. The molecule has 0 bridgehead atoms. The third-order valence-electron chi connectivity index (χ3n) is 14.5. The number of carbonyl (C=O) groups excluding carboxylic acids is 3. The first-order valence-electron chi connectivity index (χ1n) is 33.9. The van der Waals surface area contributed by atoms with Gasteiger partial charge in [0, 0.05) is 19.3 Å². The quantitative estimate of drug-likeness (QED) is 0.0261. The van der Waals surface area contributed by atoms with Crippen LogP contribution < -0.4 is 0 Å². The second-order valence-electron chi connectivity index (χ2n) is 22.3. The zero-order valence-electron chi connectivity index (χ0n) is 52.6. The molecule has 0 rings (SSSR count). The van der Waals surface area contributed by atoms with Crippen LogP contribution in [0.25, 0.3) is 0 Å². The first-order valence-corrected chi connectivity index (χ1v) is 33.9. The average molecular weight is 1110 g/mol. The molecule has 0 aromatic carbocycles. The third kappa shape index (κ3) is 64.9. The summed E-state index contributed by atoms with van der Waals surface area (Å²) in [7, 11) is 0. The van der Waals surface area contributed by atoms with Gasteiger partial charge in [-0.1, -0.05) is 284 Å². The van der Waals surface area contributed by atoms with Crippen LogP contribution in [0.3, 0.4) is 0 Å². The molecule has 0 spiro atoms. The molecule has 0 aromatic rings. The zero-order valence-corrected chi connectivity index (χ0v) is 52.6. The van der Waals surface area contributed by atoms with Crippen molar-refractivity contribution in [2.24, 2.45) is 0 Å². The highest BCUT2D eigenvalue weighted by molar-refractivity contribution is 5.71. The first kappa shape index (κ1) is 76.1. The molecule has 0 aromatic heterocycles. The summed E-state index contributed by atoms with van der Waals surface area (Å²) < 4.78 is 17.0. The van der Waals surface area contributed by atoms with Crippen LogP contribution in [0.15, 0.2) is 109 Å². The van der Waals surface area contributed by atoms with Crippen LogP contribution in [0.4, 0.5) is 0 Å². The number of hydrogen-bond donors (Lipinski definition) is 0. The standard InChI is InChI=1S/C74H126O6/c1-4-7-10-13-16-19-22-25-28-30-32-34-36-37-39-40-42-44-46-49-52-55-58-61-64-67-73(76)79-70-71(69-78-72(75)66-63-60-57-54-51-48-27-24-21-18-15-12-9-6-3)80-74(77)68-65-62-59-56-53-50-47-45-43-41-38-35-33-31-29-26-23-20-17-14-11-8-5-2/h7,10,16,19,23-28,31-34,37-39,41,71H,4-6,8-9,11-15,17-18,20-22,29-30,35-36,40,42-70H2,1-3H3/b10-7-,19-16-,26-23-,27-24-,28-25-,33-31-,34-32-,39-37-,41-38-. The van der Waals surface area contributed by atoms with Gasteiger partial charge in [-0.15, -0.1) is 0 Å². The van der Waals surface area contributed by atoms with E-state index >= 15 is 0 Å². The molecule has 0 aliphatic rings. The van der Waals surface area contributed by atoms with E-state index in [1.54, 1.807) is 0 Å². The van der Waals surface area contributed by atoms with Gasteiger partial charge in [-0.3, -0.25) is 14.4 Å². The minimum Gasteiger partial charge on any atom is -0.462 e. The Kier molecular flexibility index (Phi) is 64.3. The SMILES string of the molecule is CC/C=C\C/C=C\C/C=C\C/C=C\C/C=C\CCCCCCCCCCCC(=O)OCC(COC(=O)CCCCCCC/C=C\CCCCCCC)OC(=O)CCCCCCCCCC/C=C\C/C=C\C/C=C\CCCCCCC. The molecule has 458 valence electrons. The normalized spacial score (nSPS) is 12.8. The van der Waals surface area contributed by atoms with Crippen LogP contribution in [0.1, 0.15) is 323 Å². The lowest BCUT2D eigenvalue weighted by Gasteiger charge is -2.18. The summed E-state index contributed by atoms with van der Waals surface area (Å²) in [6.07, 6.45) is 92.4. The molecule has 6 heteroatoms. The molecule has 1 atom stereocenters. The summed E-state index contributed by atoms with van der Waals surface area (Å²) in [5.41, 5.74) is 0. The number of allylic oxidation sites excluding steroid dienone is 18. The van der Waals surface area contributed by atoms with Crippen LogP contribution in [0, 0.1) is 0 Å². The Morgan fingerprint density at radius 1 is 0.263 bits per heavy atom. The fourth-order valence-corrected chi connectivity index (χ4v) is 9.41. The summed E-state index contributed by atoms with van der Waals surface area (Å²) >= 11 is 0. The van der Waals surface area contributed by atoms with E-state index < -0.39 is 6.10 Å². The van der Waals surface area contributed by atoms with Gasteiger partial charge in [-0.05, 0) is 128 Å². The second kappa shape index (κ2) is 67.6. The fourth-order valence-electron chi connectivity index (χ4n) is 9.41. The molecule has 80 heavy (non-hydrogen) atoms. The van der Waals surface area contributed by atoms with Gasteiger partial charge < -0.3 is 14.2 Å². The molecule has 0 aliphatic carbocycles. The minimum absolute atomic E-state index is 0.0870. The molecule has 0 heterocycles. The van der Waals surface area contributed by atoms with Gasteiger partial charge in [-0.25, -0.2) is 0 Å². The predicted octanol–water partition coefficient (Wildman–Crippen LogP) is 23.4. The maximum atomic E-state index is 12.9. The molecule has 0 saturated heterocycles. The topological polar surface area (TPSA) is 78.9 Å². The molecule has 0 fully saturated rings. The molecular formula is C74H126O6. The molecule has 1 unspecified atom stereocenters. The minimum atomic E-state index is -0.792. The van der Waals surface area contributed by atoms with E-state index in [9.17, 15) is 14.4 Å². The van der Waals surface area contributed by atoms with Gasteiger partial charge in [0.2, 0.25) is 0 Å². The number of carbonyl (C=O) groups is 3. The number of hydrogen-bond acceptors (Lipinski definition) is 6. The molecule has 0 aliphatic heterocycles. The van der Waals surface area contributed by atoms with Crippen LogP contribution in [0.5, 0.6) is 0 Å². The van der Waals surface area contributed by atoms with Gasteiger partial charge in [0.25, 0.3) is 0 Å². The number of rotatable bonds is 61. The van der Waals surface area contributed by atoms with Crippen LogP contribution in [-0.4, -0.2) is 37.2 Å². The van der Waals surface area contributed by atoms with Crippen molar-refractivity contribution in [3.8, 4) is 0 Å². The number of esters is 3. The van der Waals surface area contributed by atoms with E-state index in [-0.39, 0.29) is 31.1 Å². The summed E-state index contributed by atoms with van der Waals surface area (Å²) in [6.45, 7) is 6.51. The Balaban J connectivity index is 4.37. The first-order chi connectivity index (χ1) is 39.5. The Morgan fingerprint density at radius 2 is 0.487 bits per heavy atom. The molecule has 0 amide bonds. The van der Waals surface area contributed by atoms with Gasteiger partial charge in [0.05, 0.1) is 0 Å². The Labute approximate surface area is 495 Å². The monoisotopic (exact) mass is 1110 g/mol. The maximum absolute atomic E-state index is 12.9. The molecular weight excluding hydrogens is 985 g/mol. The highest BCUT2D eigenvalue weighted by atomic mass is 16.6.